The van der Waals surface area contributed by atoms with Crippen LogP contribution in [0.3, 0.4) is 0 Å². The van der Waals surface area contributed by atoms with Crippen LogP contribution >= 0.6 is 11.6 Å². The number of rotatable bonds is 8. The Morgan fingerprint density at radius 2 is 1.46 bits per heavy atom. The molecule has 52 heavy (non-hydrogen) atoms. The quantitative estimate of drug-likeness (QED) is 0.251. The van der Waals surface area contributed by atoms with E-state index in [0.29, 0.717) is 41.9 Å². The molecule has 1 aliphatic carbocycles. The third kappa shape index (κ3) is 5.52. The number of halogens is 1. The molecule has 5 aliphatic rings. The summed E-state index contributed by atoms with van der Waals surface area (Å²) in [7, 11) is 3.31. The average molecular weight is 720 g/mol. The monoisotopic (exact) mass is 719 g/mol. The summed E-state index contributed by atoms with van der Waals surface area (Å²) in [6.07, 6.45) is 6.73. The topological polar surface area (TPSA) is 122 Å². The minimum absolute atomic E-state index is 0.0618. The molecule has 11 nitrogen and oxygen atoms in total. The number of benzene rings is 2. The van der Waals surface area contributed by atoms with E-state index in [9.17, 15) is 9.59 Å². The molecule has 268 valence electrons. The van der Waals surface area contributed by atoms with Gasteiger partial charge in [-0.1, -0.05) is 48.0 Å². The molecule has 1 unspecified atom stereocenters. The van der Waals surface area contributed by atoms with Crippen molar-refractivity contribution in [2.75, 3.05) is 40.4 Å². The SMILES string of the molecule is COc1nc(-c2cccc(-c3cccc(-c4cc5c(c(OC)n4)C(N4CC6(CCC(=O)N6)C4)CC5)c3C)c2Cl)cnc1CN1CC2(CCC(=O)N2)C1. The summed E-state index contributed by atoms with van der Waals surface area (Å²) >= 11 is 7.21. The van der Waals surface area contributed by atoms with E-state index in [1.165, 1.54) is 11.1 Å². The number of amides is 2. The molecular formula is C40H42ClN7O4. The number of ether oxygens (including phenoxy) is 2. The number of hydrogen-bond acceptors (Lipinski definition) is 9. The van der Waals surface area contributed by atoms with Crippen LogP contribution in [0.5, 0.6) is 11.8 Å². The summed E-state index contributed by atoms with van der Waals surface area (Å²) in [4.78, 5) is 43.1. The molecule has 9 rings (SSSR count). The standard InChI is InChI=1S/C40H42ClN7O4/c1-23-25(6-4-7-26(23)29-16-24-10-11-32(35(24)38(43-29)52-3)48-21-40(22-48)15-13-34(50)46-40)27-8-5-9-28(36(27)41)30-17-42-31(37(44-30)51-2)18-47-19-39(20-47)14-12-33(49)45-39/h4-9,16-17,32H,10-15,18-22H2,1-3H3,(H,45,49)(H,46,50). The second kappa shape index (κ2) is 12.5. The van der Waals surface area contributed by atoms with Crippen molar-refractivity contribution in [3.8, 4) is 45.4 Å². The van der Waals surface area contributed by atoms with Gasteiger partial charge in [-0.15, -0.1) is 0 Å². The molecule has 4 aromatic rings. The minimum Gasteiger partial charge on any atom is -0.481 e. The van der Waals surface area contributed by atoms with Gasteiger partial charge >= 0.3 is 0 Å². The van der Waals surface area contributed by atoms with E-state index < -0.39 is 0 Å². The predicted octanol–water partition coefficient (Wildman–Crippen LogP) is 5.27. The highest BCUT2D eigenvalue weighted by molar-refractivity contribution is 6.36. The van der Waals surface area contributed by atoms with Gasteiger partial charge in [-0.05, 0) is 55.4 Å². The summed E-state index contributed by atoms with van der Waals surface area (Å²) < 4.78 is 11.7. The van der Waals surface area contributed by atoms with Gasteiger partial charge in [0.2, 0.25) is 23.6 Å². The molecule has 2 amide bonds. The lowest BCUT2D eigenvalue weighted by atomic mass is 9.86. The van der Waals surface area contributed by atoms with Crippen LogP contribution < -0.4 is 20.1 Å². The summed E-state index contributed by atoms with van der Waals surface area (Å²) in [6, 6.07) is 14.7. The molecular weight excluding hydrogens is 678 g/mol. The molecule has 6 heterocycles. The van der Waals surface area contributed by atoms with Crippen LogP contribution in [0.25, 0.3) is 33.6 Å². The molecule has 12 heteroatoms. The smallest absolute Gasteiger partial charge is 0.237 e. The maximum absolute atomic E-state index is 11.9. The van der Waals surface area contributed by atoms with Gasteiger partial charge in [0.15, 0.2) is 0 Å². The Kier molecular flexibility index (Phi) is 8.02. The van der Waals surface area contributed by atoms with Crippen molar-refractivity contribution in [2.45, 2.75) is 69.1 Å². The van der Waals surface area contributed by atoms with Crippen molar-refractivity contribution in [2.24, 2.45) is 0 Å². The van der Waals surface area contributed by atoms with E-state index in [2.05, 4.69) is 51.6 Å². The maximum Gasteiger partial charge on any atom is 0.237 e. The largest absolute Gasteiger partial charge is 0.481 e. The summed E-state index contributed by atoms with van der Waals surface area (Å²) in [5.41, 5.74) is 9.31. The summed E-state index contributed by atoms with van der Waals surface area (Å²) in [5.74, 6) is 1.44. The molecule has 4 aliphatic heterocycles. The van der Waals surface area contributed by atoms with Gasteiger partial charge in [0.25, 0.3) is 0 Å². The highest BCUT2D eigenvalue weighted by Crippen LogP contribution is 2.47. The van der Waals surface area contributed by atoms with Gasteiger partial charge in [-0.3, -0.25) is 24.4 Å². The fourth-order valence-corrected chi connectivity index (χ4v) is 9.61. The van der Waals surface area contributed by atoms with Crippen LogP contribution in [-0.4, -0.2) is 88.0 Å². The van der Waals surface area contributed by atoms with Crippen LogP contribution in [0.2, 0.25) is 5.02 Å². The molecule has 4 fully saturated rings. The van der Waals surface area contributed by atoms with Crippen molar-refractivity contribution in [3.63, 3.8) is 0 Å². The van der Waals surface area contributed by atoms with E-state index in [1.807, 2.05) is 18.2 Å². The van der Waals surface area contributed by atoms with E-state index in [4.69, 9.17) is 36.0 Å². The zero-order chi connectivity index (χ0) is 35.8. The molecule has 2 aromatic heterocycles. The van der Waals surface area contributed by atoms with Crippen LogP contribution in [0.15, 0.2) is 48.7 Å². The molecule has 4 saturated heterocycles. The van der Waals surface area contributed by atoms with Gasteiger partial charge in [0.05, 0.1) is 47.9 Å². The van der Waals surface area contributed by atoms with Gasteiger partial charge in [0, 0.05) is 73.9 Å². The van der Waals surface area contributed by atoms with Gasteiger partial charge in [-0.2, -0.15) is 0 Å². The molecule has 2 spiro atoms. The first-order valence-corrected chi connectivity index (χ1v) is 18.5. The van der Waals surface area contributed by atoms with Crippen molar-refractivity contribution >= 4 is 23.4 Å². The van der Waals surface area contributed by atoms with Crippen molar-refractivity contribution in [1.29, 1.82) is 0 Å². The number of methoxy groups -OCH3 is 2. The number of hydrogen-bond donors (Lipinski definition) is 2. The van der Waals surface area contributed by atoms with Gasteiger partial charge < -0.3 is 20.1 Å². The fraction of sp³-hybridized carbons (Fsp3) is 0.425. The lowest BCUT2D eigenvalue weighted by molar-refractivity contribution is -0.121. The van der Waals surface area contributed by atoms with Crippen LogP contribution in [0.4, 0.5) is 0 Å². The van der Waals surface area contributed by atoms with E-state index in [0.717, 1.165) is 91.1 Å². The Bertz CT molecular complexity index is 2130. The number of nitrogens with zero attached hydrogens (tertiary/aromatic N) is 5. The molecule has 2 aromatic carbocycles. The van der Waals surface area contributed by atoms with Crippen LogP contribution in [-0.2, 0) is 22.6 Å². The fourth-order valence-electron chi connectivity index (χ4n) is 9.29. The molecule has 0 radical (unpaired) electrons. The Morgan fingerprint density at radius 3 is 2.13 bits per heavy atom. The number of carbonyl (C=O) groups is 2. The zero-order valence-corrected chi connectivity index (χ0v) is 30.5. The lowest BCUT2D eigenvalue weighted by Gasteiger charge is -2.50. The first kappa shape index (κ1) is 33.3. The van der Waals surface area contributed by atoms with Crippen LogP contribution in [0.1, 0.15) is 60.5 Å². The van der Waals surface area contributed by atoms with E-state index in [1.54, 1.807) is 20.4 Å². The number of fused-ring (bicyclic) bond motifs is 1. The highest BCUT2D eigenvalue weighted by atomic mass is 35.5. The zero-order valence-electron chi connectivity index (χ0n) is 29.7. The molecule has 0 bridgehead atoms. The van der Waals surface area contributed by atoms with Crippen molar-refractivity contribution < 1.29 is 19.1 Å². The van der Waals surface area contributed by atoms with E-state index >= 15 is 0 Å². The number of pyridine rings is 1. The van der Waals surface area contributed by atoms with Crippen molar-refractivity contribution in [1.82, 2.24) is 35.4 Å². The first-order valence-electron chi connectivity index (χ1n) is 18.1. The summed E-state index contributed by atoms with van der Waals surface area (Å²) in [6.45, 7) is 6.05. The number of likely N-dealkylation sites (tertiary alicyclic amines) is 2. The molecule has 0 saturated carbocycles. The summed E-state index contributed by atoms with van der Waals surface area (Å²) in [5, 5.41) is 6.93. The van der Waals surface area contributed by atoms with Gasteiger partial charge in [0.1, 0.15) is 5.69 Å². The van der Waals surface area contributed by atoms with Gasteiger partial charge in [-0.25, -0.2) is 9.97 Å². The molecule has 2 N–H and O–H groups in total. The molecule has 1 atom stereocenters. The Balaban J connectivity index is 0.973. The number of nitrogens with one attached hydrogen (secondary N) is 2. The predicted molar refractivity (Wildman–Crippen MR) is 197 cm³/mol. The third-order valence-corrected chi connectivity index (χ3v) is 12.3. The van der Waals surface area contributed by atoms with Crippen LogP contribution in [0, 0.1) is 6.92 Å². The number of aromatic nitrogens is 3. The maximum atomic E-state index is 11.9. The van der Waals surface area contributed by atoms with Crippen molar-refractivity contribution in [3.05, 3.63) is 76.1 Å². The number of carbonyl (C=O) groups excluding carboxylic acids is 2. The Labute approximate surface area is 308 Å². The third-order valence-electron chi connectivity index (χ3n) is 11.9. The Morgan fingerprint density at radius 1 is 0.827 bits per heavy atom. The van der Waals surface area contributed by atoms with E-state index in [-0.39, 0.29) is 28.9 Å². The number of aryl methyl sites for hydroxylation is 1. The highest BCUT2D eigenvalue weighted by Gasteiger charge is 2.51. The Hall–Kier alpha value is -4.58. The lowest BCUT2D eigenvalue weighted by Crippen LogP contribution is -2.67. The first-order chi connectivity index (χ1) is 25.2. The normalized spacial score (nSPS) is 21.5. The average Bonchev–Trinajstić information content (AvgIpc) is 3.84. The minimum atomic E-state index is -0.0953. The second-order valence-electron chi connectivity index (χ2n) is 15.2. The second-order valence-corrected chi connectivity index (χ2v) is 15.6.